The zero-order valence-electron chi connectivity index (χ0n) is 13.5. The number of thiophene rings is 1. The Labute approximate surface area is 158 Å². The minimum Gasteiger partial charge on any atom is -0.296 e. The lowest BCUT2D eigenvalue weighted by Gasteiger charge is -2.28. The molecule has 26 heavy (non-hydrogen) atoms. The highest BCUT2D eigenvalue weighted by molar-refractivity contribution is 7.89. The van der Waals surface area contributed by atoms with Gasteiger partial charge in [0.2, 0.25) is 15.2 Å². The lowest BCUT2D eigenvalue weighted by molar-refractivity contribution is 0.102. The molecule has 10 heteroatoms. The predicted molar refractivity (Wildman–Crippen MR) is 99.9 cm³/mol. The van der Waals surface area contributed by atoms with E-state index in [0.717, 1.165) is 16.9 Å². The number of sulfonamides is 1. The molecule has 134 valence electrons. The third-order valence-corrected chi connectivity index (χ3v) is 7.67. The number of fused-ring (bicyclic) bond motifs is 1. The van der Waals surface area contributed by atoms with Gasteiger partial charge in [-0.1, -0.05) is 35.6 Å². The summed E-state index contributed by atoms with van der Waals surface area (Å²) in [6.45, 7) is 0.707. The molecule has 2 aromatic heterocycles. The molecule has 0 saturated carbocycles. The summed E-state index contributed by atoms with van der Waals surface area (Å²) in [5, 5.41) is 11.9. The van der Waals surface area contributed by atoms with E-state index in [1.807, 2.05) is 24.3 Å². The quantitative estimate of drug-likeness (QED) is 0.719. The second-order valence-corrected chi connectivity index (χ2v) is 9.32. The van der Waals surface area contributed by atoms with Gasteiger partial charge in [-0.25, -0.2) is 8.42 Å². The van der Waals surface area contributed by atoms with Crippen LogP contribution in [0.1, 0.15) is 20.8 Å². The Morgan fingerprint density at radius 2 is 1.96 bits per heavy atom. The highest BCUT2D eigenvalue weighted by Gasteiger charge is 2.32. The summed E-state index contributed by atoms with van der Waals surface area (Å²) in [4.78, 5) is 12.7. The molecular formula is C16H14N4O3S3. The molecule has 4 rings (SSSR count). The van der Waals surface area contributed by atoms with Crippen molar-refractivity contribution in [3.63, 3.8) is 0 Å². The van der Waals surface area contributed by atoms with Gasteiger partial charge < -0.3 is 0 Å². The van der Waals surface area contributed by atoms with Crippen LogP contribution in [0.4, 0.5) is 5.13 Å². The molecule has 0 spiro atoms. The van der Waals surface area contributed by atoms with Crippen LogP contribution in [0.3, 0.4) is 0 Å². The Bertz CT molecular complexity index is 1040. The number of aromatic nitrogens is 2. The van der Waals surface area contributed by atoms with Gasteiger partial charge in [0.05, 0.1) is 0 Å². The molecule has 7 nitrogen and oxygen atoms in total. The molecule has 1 aromatic carbocycles. The van der Waals surface area contributed by atoms with Crippen LogP contribution >= 0.6 is 22.7 Å². The Balaban J connectivity index is 1.62. The summed E-state index contributed by atoms with van der Waals surface area (Å²) >= 11 is 2.27. The molecule has 0 atom stereocenters. The number of benzene rings is 1. The van der Waals surface area contributed by atoms with Gasteiger partial charge in [-0.3, -0.25) is 10.1 Å². The molecule has 0 aliphatic carbocycles. The maximum absolute atomic E-state index is 13.1. The molecular weight excluding hydrogens is 392 g/mol. The molecule has 0 radical (unpaired) electrons. The van der Waals surface area contributed by atoms with E-state index < -0.39 is 15.9 Å². The average Bonchev–Trinajstić information content (AvgIpc) is 3.33. The normalized spacial score (nSPS) is 14.8. The molecule has 0 fully saturated rings. The van der Waals surface area contributed by atoms with E-state index in [-0.39, 0.29) is 9.77 Å². The second kappa shape index (κ2) is 6.88. The zero-order valence-corrected chi connectivity index (χ0v) is 15.9. The summed E-state index contributed by atoms with van der Waals surface area (Å²) in [5.41, 5.74) is 3.66. The van der Waals surface area contributed by atoms with Crippen molar-refractivity contribution in [2.45, 2.75) is 17.9 Å². The third-order valence-electron chi connectivity index (χ3n) is 4.13. The number of nitrogens with zero attached hydrogens (tertiary/aromatic N) is 3. The van der Waals surface area contributed by atoms with Crippen LogP contribution in [0.2, 0.25) is 0 Å². The molecule has 1 N–H and O–H groups in total. The van der Waals surface area contributed by atoms with Crippen molar-refractivity contribution in [2.24, 2.45) is 0 Å². The summed E-state index contributed by atoms with van der Waals surface area (Å²) in [5.74, 6) is -0.493. The van der Waals surface area contributed by atoms with Gasteiger partial charge in [0.1, 0.15) is 15.3 Å². The van der Waals surface area contributed by atoms with Crippen LogP contribution in [0.25, 0.3) is 0 Å². The standard InChI is InChI=1S/C16H14N4O3S3/c21-15(18-16-19-17-10-25-16)14-13(6-8-24-14)26(22,23)20-7-5-11-3-1-2-4-12(11)9-20/h1-4,6,8,10H,5,7,9H2,(H,18,19,21). The van der Waals surface area contributed by atoms with E-state index >= 15 is 0 Å². The molecule has 0 bridgehead atoms. The van der Waals surface area contributed by atoms with Crippen LogP contribution in [0.15, 0.2) is 46.1 Å². The van der Waals surface area contributed by atoms with Crippen molar-refractivity contribution in [3.05, 3.63) is 57.2 Å². The monoisotopic (exact) mass is 406 g/mol. The fourth-order valence-corrected chi connectivity index (χ4v) is 6.02. The van der Waals surface area contributed by atoms with Crippen molar-refractivity contribution in [1.82, 2.24) is 14.5 Å². The van der Waals surface area contributed by atoms with E-state index in [1.165, 1.54) is 32.8 Å². The van der Waals surface area contributed by atoms with E-state index in [1.54, 1.807) is 5.38 Å². The molecule has 3 aromatic rings. The first-order valence-electron chi connectivity index (χ1n) is 7.77. The number of hydrogen-bond acceptors (Lipinski definition) is 7. The van der Waals surface area contributed by atoms with Gasteiger partial charge in [-0.2, -0.15) is 4.31 Å². The smallest absolute Gasteiger partial charge is 0.268 e. The number of carbonyl (C=O) groups excluding carboxylic acids is 1. The highest BCUT2D eigenvalue weighted by atomic mass is 32.2. The largest absolute Gasteiger partial charge is 0.296 e. The van der Waals surface area contributed by atoms with Crippen molar-refractivity contribution in [3.8, 4) is 0 Å². The molecule has 1 aliphatic heterocycles. The highest BCUT2D eigenvalue weighted by Crippen LogP contribution is 2.30. The van der Waals surface area contributed by atoms with E-state index in [0.29, 0.717) is 24.6 Å². The molecule has 0 saturated heterocycles. The van der Waals surface area contributed by atoms with Gasteiger partial charge in [0.25, 0.3) is 5.91 Å². The third kappa shape index (κ3) is 3.16. The number of anilines is 1. The molecule has 1 amide bonds. The first-order valence-corrected chi connectivity index (χ1v) is 11.0. The first-order chi connectivity index (χ1) is 12.6. The van der Waals surface area contributed by atoms with Crippen LogP contribution in [0, 0.1) is 0 Å². The van der Waals surface area contributed by atoms with E-state index in [2.05, 4.69) is 15.5 Å². The van der Waals surface area contributed by atoms with Gasteiger partial charge in [-0.15, -0.1) is 21.5 Å². The van der Waals surface area contributed by atoms with E-state index in [9.17, 15) is 13.2 Å². The van der Waals surface area contributed by atoms with Gasteiger partial charge in [0, 0.05) is 13.1 Å². The van der Waals surface area contributed by atoms with Crippen molar-refractivity contribution in [1.29, 1.82) is 0 Å². The average molecular weight is 407 g/mol. The lowest BCUT2D eigenvalue weighted by Crippen LogP contribution is -2.36. The number of carbonyl (C=O) groups is 1. The van der Waals surface area contributed by atoms with Crippen LogP contribution in [-0.2, 0) is 23.0 Å². The predicted octanol–water partition coefficient (Wildman–Crippen LogP) is 2.60. The lowest BCUT2D eigenvalue weighted by atomic mass is 10.0. The van der Waals surface area contributed by atoms with Crippen LogP contribution in [-0.4, -0.2) is 35.4 Å². The fourth-order valence-electron chi connectivity index (χ4n) is 2.86. The number of hydrogen-bond donors (Lipinski definition) is 1. The molecule has 0 unspecified atom stereocenters. The minimum absolute atomic E-state index is 0.0314. The summed E-state index contributed by atoms with van der Waals surface area (Å²) in [7, 11) is -3.77. The van der Waals surface area contributed by atoms with Gasteiger partial charge >= 0.3 is 0 Å². The topological polar surface area (TPSA) is 92.3 Å². The Morgan fingerprint density at radius 1 is 1.15 bits per heavy atom. The SMILES string of the molecule is O=C(Nc1nncs1)c1sccc1S(=O)(=O)N1CCc2ccccc2C1. The van der Waals surface area contributed by atoms with Crippen molar-refractivity contribution < 1.29 is 13.2 Å². The van der Waals surface area contributed by atoms with E-state index in [4.69, 9.17) is 0 Å². The number of nitrogens with one attached hydrogen (secondary N) is 1. The van der Waals surface area contributed by atoms with Crippen LogP contribution in [0.5, 0.6) is 0 Å². The summed E-state index contributed by atoms with van der Waals surface area (Å²) in [6, 6.07) is 9.30. The van der Waals surface area contributed by atoms with Gasteiger partial charge in [0.15, 0.2) is 0 Å². The van der Waals surface area contributed by atoms with Crippen molar-refractivity contribution >= 4 is 43.7 Å². The van der Waals surface area contributed by atoms with Crippen LogP contribution < -0.4 is 5.32 Å². The number of rotatable bonds is 4. The minimum atomic E-state index is -3.77. The van der Waals surface area contributed by atoms with Crippen molar-refractivity contribution in [2.75, 3.05) is 11.9 Å². The first kappa shape index (κ1) is 17.3. The Morgan fingerprint density at radius 3 is 2.73 bits per heavy atom. The summed E-state index contributed by atoms with van der Waals surface area (Å²) in [6.07, 6.45) is 0.659. The van der Waals surface area contributed by atoms with Gasteiger partial charge in [-0.05, 0) is 29.0 Å². The molecule has 3 heterocycles. The zero-order chi connectivity index (χ0) is 18.1. The molecule has 1 aliphatic rings. The Kier molecular flexibility index (Phi) is 4.57. The summed E-state index contributed by atoms with van der Waals surface area (Å²) < 4.78 is 27.7. The fraction of sp³-hybridized carbons (Fsp3) is 0.188. The number of amides is 1. The second-order valence-electron chi connectivity index (χ2n) is 5.67. The maximum atomic E-state index is 13.1. The maximum Gasteiger partial charge on any atom is 0.268 e. The Hall–Kier alpha value is -2.14.